The zero-order valence-electron chi connectivity index (χ0n) is 11.4. The Balaban J connectivity index is 2.95. The lowest BCUT2D eigenvalue weighted by molar-refractivity contribution is 0.203. The second-order valence-corrected chi connectivity index (χ2v) is 3.99. The zero-order chi connectivity index (χ0) is 13.5. The molecule has 0 fully saturated rings. The van der Waals surface area contributed by atoms with Crippen molar-refractivity contribution in [2.75, 3.05) is 37.5 Å². The Morgan fingerprint density at radius 3 is 2.56 bits per heavy atom. The van der Waals surface area contributed by atoms with Crippen LogP contribution in [0.15, 0.2) is 0 Å². The van der Waals surface area contributed by atoms with Gasteiger partial charge in [0.2, 0.25) is 11.9 Å². The van der Waals surface area contributed by atoms with Gasteiger partial charge in [-0.05, 0) is 20.8 Å². The topological polar surface area (TPSA) is 86.4 Å². The lowest BCUT2D eigenvalue weighted by Crippen LogP contribution is -2.35. The van der Waals surface area contributed by atoms with Crippen LogP contribution in [0.4, 0.5) is 11.9 Å². The first-order valence-electron chi connectivity index (χ1n) is 5.98. The Hall–Kier alpha value is -1.63. The lowest BCUT2D eigenvalue weighted by Gasteiger charge is -2.26. The molecule has 102 valence electrons. The number of nitrogens with zero attached hydrogens (tertiary/aromatic N) is 4. The monoisotopic (exact) mass is 255 g/mol. The molecule has 0 aliphatic carbocycles. The van der Waals surface area contributed by atoms with Crippen LogP contribution in [0.25, 0.3) is 0 Å². The molecule has 0 spiro atoms. The van der Waals surface area contributed by atoms with Crippen LogP contribution >= 0.6 is 0 Å². The minimum Gasteiger partial charge on any atom is -0.464 e. The predicted molar refractivity (Wildman–Crippen MR) is 69.8 cm³/mol. The summed E-state index contributed by atoms with van der Waals surface area (Å²) >= 11 is 0. The Morgan fingerprint density at radius 1 is 1.28 bits per heavy atom. The molecule has 0 aliphatic rings. The maximum absolute atomic E-state index is 5.66. The van der Waals surface area contributed by atoms with Crippen LogP contribution in [0.5, 0.6) is 6.01 Å². The fourth-order valence-corrected chi connectivity index (χ4v) is 1.46. The van der Waals surface area contributed by atoms with E-state index in [1.54, 1.807) is 7.11 Å². The number of hydrogen-bond acceptors (Lipinski definition) is 7. The van der Waals surface area contributed by atoms with Gasteiger partial charge in [-0.15, -0.1) is 0 Å². The molecular weight excluding hydrogens is 234 g/mol. The smallest absolute Gasteiger partial charge is 0.323 e. The zero-order valence-corrected chi connectivity index (χ0v) is 11.4. The van der Waals surface area contributed by atoms with E-state index in [0.717, 1.165) is 0 Å². The number of nitrogen functional groups attached to an aromatic ring is 1. The Bertz CT molecular complexity index is 372. The number of aromatic nitrogens is 3. The van der Waals surface area contributed by atoms with Gasteiger partial charge in [-0.3, -0.25) is 0 Å². The third-order valence-corrected chi connectivity index (χ3v) is 2.31. The van der Waals surface area contributed by atoms with Crippen molar-refractivity contribution < 1.29 is 9.47 Å². The van der Waals surface area contributed by atoms with Gasteiger partial charge >= 0.3 is 6.01 Å². The summed E-state index contributed by atoms with van der Waals surface area (Å²) in [6, 6.07) is 0.486. The number of hydrogen-bond donors (Lipinski definition) is 1. The van der Waals surface area contributed by atoms with E-state index in [-0.39, 0.29) is 18.0 Å². The van der Waals surface area contributed by atoms with E-state index in [0.29, 0.717) is 25.7 Å². The highest BCUT2D eigenvalue weighted by Gasteiger charge is 2.16. The molecule has 7 nitrogen and oxygen atoms in total. The fraction of sp³-hybridized carbons (Fsp3) is 0.727. The summed E-state index contributed by atoms with van der Waals surface area (Å²) in [6.45, 7) is 7.73. The molecule has 1 aromatic heterocycles. The summed E-state index contributed by atoms with van der Waals surface area (Å²) in [7, 11) is 1.66. The molecule has 0 atom stereocenters. The number of nitrogens with two attached hydrogens (primary N) is 1. The molecule has 7 heteroatoms. The van der Waals surface area contributed by atoms with Gasteiger partial charge in [0.05, 0.1) is 13.2 Å². The molecule has 18 heavy (non-hydrogen) atoms. The van der Waals surface area contributed by atoms with Crippen molar-refractivity contribution in [3.05, 3.63) is 0 Å². The second kappa shape index (κ2) is 6.95. The van der Waals surface area contributed by atoms with E-state index in [4.69, 9.17) is 15.2 Å². The van der Waals surface area contributed by atoms with Gasteiger partial charge < -0.3 is 20.1 Å². The van der Waals surface area contributed by atoms with Gasteiger partial charge in [0.1, 0.15) is 0 Å². The normalized spacial score (nSPS) is 10.7. The van der Waals surface area contributed by atoms with Crippen molar-refractivity contribution in [2.24, 2.45) is 0 Å². The summed E-state index contributed by atoms with van der Waals surface area (Å²) in [5, 5.41) is 0. The van der Waals surface area contributed by atoms with Crippen molar-refractivity contribution >= 4 is 11.9 Å². The van der Waals surface area contributed by atoms with Crippen molar-refractivity contribution in [3.63, 3.8) is 0 Å². The first-order valence-corrected chi connectivity index (χ1v) is 5.98. The molecule has 0 aromatic carbocycles. The second-order valence-electron chi connectivity index (χ2n) is 3.99. The third-order valence-electron chi connectivity index (χ3n) is 2.31. The van der Waals surface area contributed by atoms with E-state index in [1.165, 1.54) is 0 Å². The van der Waals surface area contributed by atoms with Crippen LogP contribution in [-0.4, -0.2) is 47.9 Å². The summed E-state index contributed by atoms with van der Waals surface area (Å²) in [5.74, 6) is 0.671. The van der Waals surface area contributed by atoms with Crippen LogP contribution in [0.2, 0.25) is 0 Å². The molecule has 0 saturated carbocycles. The average molecular weight is 255 g/mol. The van der Waals surface area contributed by atoms with Crippen molar-refractivity contribution in [1.29, 1.82) is 0 Å². The molecule has 1 aromatic rings. The van der Waals surface area contributed by atoms with Gasteiger partial charge in [-0.25, -0.2) is 0 Å². The number of anilines is 2. The minimum absolute atomic E-state index is 0.159. The number of methoxy groups -OCH3 is 1. The summed E-state index contributed by atoms with van der Waals surface area (Å²) in [4.78, 5) is 14.3. The first kappa shape index (κ1) is 14.4. The van der Waals surface area contributed by atoms with Gasteiger partial charge in [-0.2, -0.15) is 15.0 Å². The van der Waals surface area contributed by atoms with Crippen LogP contribution in [0, 0.1) is 0 Å². The lowest BCUT2D eigenvalue weighted by atomic mass is 10.3. The molecule has 1 rings (SSSR count). The molecular formula is C11H21N5O2. The van der Waals surface area contributed by atoms with E-state index in [1.807, 2.05) is 11.8 Å². The van der Waals surface area contributed by atoms with Crippen LogP contribution in [0.1, 0.15) is 20.8 Å². The average Bonchev–Trinajstić information content (AvgIpc) is 2.28. The van der Waals surface area contributed by atoms with E-state index < -0.39 is 0 Å². The van der Waals surface area contributed by atoms with Gasteiger partial charge in [0, 0.05) is 19.7 Å². The largest absolute Gasteiger partial charge is 0.464 e. The van der Waals surface area contributed by atoms with Crippen LogP contribution in [-0.2, 0) is 4.74 Å². The van der Waals surface area contributed by atoms with Crippen LogP contribution in [0.3, 0.4) is 0 Å². The summed E-state index contributed by atoms with van der Waals surface area (Å²) in [5.41, 5.74) is 5.66. The highest BCUT2D eigenvalue weighted by atomic mass is 16.5. The van der Waals surface area contributed by atoms with Gasteiger partial charge in [0.15, 0.2) is 0 Å². The Kier molecular flexibility index (Phi) is 5.57. The Labute approximate surface area is 107 Å². The predicted octanol–water partition coefficient (Wildman–Crippen LogP) is 0.714. The van der Waals surface area contributed by atoms with Crippen LogP contribution < -0.4 is 15.4 Å². The maximum Gasteiger partial charge on any atom is 0.323 e. The highest BCUT2D eigenvalue weighted by molar-refractivity contribution is 5.36. The highest BCUT2D eigenvalue weighted by Crippen LogP contribution is 2.15. The minimum atomic E-state index is 0.159. The van der Waals surface area contributed by atoms with E-state index >= 15 is 0 Å². The summed E-state index contributed by atoms with van der Waals surface area (Å²) < 4.78 is 10.3. The quantitative estimate of drug-likeness (QED) is 0.768. The maximum atomic E-state index is 5.66. The summed E-state index contributed by atoms with van der Waals surface area (Å²) in [6.07, 6.45) is 0. The molecule has 1 heterocycles. The fourth-order valence-electron chi connectivity index (χ4n) is 1.46. The molecule has 0 aliphatic heterocycles. The van der Waals surface area contributed by atoms with E-state index in [2.05, 4.69) is 28.8 Å². The first-order chi connectivity index (χ1) is 8.58. The molecule has 0 saturated heterocycles. The SMILES string of the molecule is CCOc1nc(N)nc(N(CCOC)C(C)C)n1. The molecule has 0 amide bonds. The molecule has 0 unspecified atom stereocenters. The molecule has 2 N–H and O–H groups in total. The third kappa shape index (κ3) is 3.99. The number of rotatable bonds is 7. The van der Waals surface area contributed by atoms with Crippen molar-refractivity contribution in [1.82, 2.24) is 15.0 Å². The van der Waals surface area contributed by atoms with Crippen molar-refractivity contribution in [2.45, 2.75) is 26.8 Å². The van der Waals surface area contributed by atoms with Crippen molar-refractivity contribution in [3.8, 4) is 6.01 Å². The van der Waals surface area contributed by atoms with Gasteiger partial charge in [0.25, 0.3) is 0 Å². The molecule has 0 radical (unpaired) electrons. The van der Waals surface area contributed by atoms with E-state index in [9.17, 15) is 0 Å². The Morgan fingerprint density at radius 2 is 2.00 bits per heavy atom. The standard InChI is InChI=1S/C11H21N5O2/c1-5-18-11-14-9(12)13-10(15-11)16(8(2)3)6-7-17-4/h8H,5-7H2,1-4H3,(H2,12,13,14,15). The molecule has 0 bridgehead atoms. The van der Waals surface area contributed by atoms with Gasteiger partial charge in [-0.1, -0.05) is 0 Å². The number of ether oxygens (including phenoxy) is 2.